The van der Waals surface area contributed by atoms with Gasteiger partial charge in [0.15, 0.2) is 13.2 Å². The molecule has 2 aromatic carbocycles. The van der Waals surface area contributed by atoms with E-state index in [0.29, 0.717) is 18.0 Å². The number of fused-ring (bicyclic) bond motifs is 1. The molecule has 0 radical (unpaired) electrons. The molecule has 1 heterocycles. The Hall–Kier alpha value is -4.15. The molecule has 11 nitrogen and oxygen atoms in total. The number of likely N-dealkylation sites (N-methyl/N-ethyl adjacent to an activating group) is 1. The van der Waals surface area contributed by atoms with Crippen LogP contribution < -0.4 is 25.0 Å². The average molecular weight is 428 g/mol. The van der Waals surface area contributed by atoms with Crippen LogP contribution in [0.2, 0.25) is 0 Å². The van der Waals surface area contributed by atoms with Crippen molar-refractivity contribution in [2.24, 2.45) is 0 Å². The normalized spacial score (nSPS) is 12.4. The second kappa shape index (κ2) is 9.57. The number of carbonyl (C=O) groups is 3. The Morgan fingerprint density at radius 1 is 1.19 bits per heavy atom. The van der Waals surface area contributed by atoms with E-state index in [1.165, 1.54) is 18.2 Å². The van der Waals surface area contributed by atoms with Gasteiger partial charge in [0.25, 0.3) is 17.5 Å². The van der Waals surface area contributed by atoms with Gasteiger partial charge in [0, 0.05) is 24.4 Å². The van der Waals surface area contributed by atoms with Gasteiger partial charge < -0.3 is 20.1 Å². The molecule has 11 heteroatoms. The maximum Gasteiger partial charge on any atom is 0.271 e. The summed E-state index contributed by atoms with van der Waals surface area (Å²) in [5, 5.41) is 16.3. The minimum Gasteiger partial charge on any atom is -0.484 e. The molecule has 0 saturated heterocycles. The zero-order valence-corrected chi connectivity index (χ0v) is 16.6. The molecule has 0 aromatic heterocycles. The fourth-order valence-electron chi connectivity index (χ4n) is 2.85. The van der Waals surface area contributed by atoms with Gasteiger partial charge in [0.2, 0.25) is 5.91 Å². The molecular formula is C20H20N4O7. The van der Waals surface area contributed by atoms with Crippen molar-refractivity contribution < 1.29 is 28.8 Å². The van der Waals surface area contributed by atoms with E-state index in [1.54, 1.807) is 31.2 Å². The van der Waals surface area contributed by atoms with E-state index < -0.39 is 16.7 Å². The molecular weight excluding hydrogens is 408 g/mol. The summed E-state index contributed by atoms with van der Waals surface area (Å²) in [6.45, 7) is 1.59. The van der Waals surface area contributed by atoms with E-state index in [2.05, 4.69) is 10.6 Å². The highest BCUT2D eigenvalue weighted by Crippen LogP contribution is 2.35. The van der Waals surface area contributed by atoms with Gasteiger partial charge in [-0.2, -0.15) is 0 Å². The number of hydrogen-bond donors (Lipinski definition) is 2. The fraction of sp³-hybridized carbons (Fsp3) is 0.250. The highest BCUT2D eigenvalue weighted by molar-refractivity contribution is 6.05. The Labute approximate surface area is 177 Å². The molecule has 0 aliphatic carbocycles. The molecule has 1 aliphatic rings. The van der Waals surface area contributed by atoms with Crippen molar-refractivity contribution in [3.8, 4) is 11.5 Å². The summed E-state index contributed by atoms with van der Waals surface area (Å²) in [7, 11) is 0. The van der Waals surface area contributed by atoms with Crippen molar-refractivity contribution in [1.29, 1.82) is 0 Å². The first-order chi connectivity index (χ1) is 14.9. The van der Waals surface area contributed by atoms with Gasteiger partial charge in [-0.05, 0) is 37.3 Å². The number of anilines is 2. The van der Waals surface area contributed by atoms with Crippen molar-refractivity contribution in [2.75, 3.05) is 36.5 Å². The van der Waals surface area contributed by atoms with E-state index in [0.717, 1.165) is 4.90 Å². The van der Waals surface area contributed by atoms with E-state index in [-0.39, 0.29) is 42.8 Å². The lowest BCUT2D eigenvalue weighted by Crippen LogP contribution is -2.43. The van der Waals surface area contributed by atoms with Gasteiger partial charge in [-0.15, -0.1) is 0 Å². The minimum absolute atomic E-state index is 0.121. The number of carbonyl (C=O) groups excluding carboxylic acids is 3. The Morgan fingerprint density at radius 3 is 2.61 bits per heavy atom. The van der Waals surface area contributed by atoms with Crippen molar-refractivity contribution >= 4 is 34.8 Å². The van der Waals surface area contributed by atoms with Gasteiger partial charge in [-0.25, -0.2) is 0 Å². The number of nitro groups is 1. The number of nitrogens with zero attached hydrogens (tertiary/aromatic N) is 2. The molecule has 2 aromatic rings. The molecule has 0 bridgehead atoms. The van der Waals surface area contributed by atoms with Crippen LogP contribution in [0.5, 0.6) is 11.5 Å². The predicted octanol–water partition coefficient (Wildman–Crippen LogP) is 1.47. The van der Waals surface area contributed by atoms with Crippen LogP contribution in [0, 0.1) is 10.1 Å². The maximum atomic E-state index is 12.5. The zero-order valence-electron chi connectivity index (χ0n) is 16.6. The summed E-state index contributed by atoms with van der Waals surface area (Å²) in [4.78, 5) is 47.7. The standard InChI is InChI=1S/C20H20N4O7/c1-2-21-19(26)11-30-15-6-3-13(4-7-15)22-18(25)10-23-16-9-14(24(28)29)5-8-17(16)31-12-20(23)27/h3-9H,2,10-12H2,1H3,(H,21,26)(H,22,25). The first-order valence-electron chi connectivity index (χ1n) is 9.38. The molecule has 2 N–H and O–H groups in total. The van der Waals surface area contributed by atoms with E-state index in [4.69, 9.17) is 9.47 Å². The van der Waals surface area contributed by atoms with Crippen LogP contribution in [-0.2, 0) is 14.4 Å². The fourth-order valence-corrected chi connectivity index (χ4v) is 2.85. The molecule has 0 fully saturated rings. The number of rotatable bonds is 8. The lowest BCUT2D eigenvalue weighted by atomic mass is 10.2. The molecule has 3 amide bonds. The van der Waals surface area contributed by atoms with Crippen LogP contribution in [0.4, 0.5) is 17.1 Å². The third kappa shape index (κ3) is 5.47. The van der Waals surface area contributed by atoms with Crippen molar-refractivity contribution in [2.45, 2.75) is 6.92 Å². The van der Waals surface area contributed by atoms with E-state index in [9.17, 15) is 24.5 Å². The van der Waals surface area contributed by atoms with E-state index in [1.807, 2.05) is 0 Å². The van der Waals surface area contributed by atoms with E-state index >= 15 is 0 Å². The maximum absolute atomic E-state index is 12.5. The number of amides is 3. The largest absolute Gasteiger partial charge is 0.484 e. The predicted molar refractivity (Wildman–Crippen MR) is 110 cm³/mol. The summed E-state index contributed by atoms with van der Waals surface area (Å²) in [5.41, 5.74) is 0.399. The van der Waals surface area contributed by atoms with Crippen LogP contribution in [0.1, 0.15) is 6.92 Å². The lowest BCUT2D eigenvalue weighted by molar-refractivity contribution is -0.384. The molecule has 0 unspecified atom stereocenters. The summed E-state index contributed by atoms with van der Waals surface area (Å²) < 4.78 is 10.6. The first kappa shape index (κ1) is 21.6. The highest BCUT2D eigenvalue weighted by atomic mass is 16.6. The van der Waals surface area contributed by atoms with Crippen molar-refractivity contribution in [1.82, 2.24) is 5.32 Å². The molecule has 0 saturated carbocycles. The number of benzene rings is 2. The van der Waals surface area contributed by atoms with Gasteiger partial charge >= 0.3 is 0 Å². The Morgan fingerprint density at radius 2 is 1.94 bits per heavy atom. The average Bonchev–Trinajstić information content (AvgIpc) is 2.75. The van der Waals surface area contributed by atoms with Crippen LogP contribution >= 0.6 is 0 Å². The second-order valence-electron chi connectivity index (χ2n) is 6.49. The third-order valence-electron chi connectivity index (χ3n) is 4.28. The van der Waals surface area contributed by atoms with Gasteiger partial charge in [-0.3, -0.25) is 29.4 Å². The number of hydrogen-bond acceptors (Lipinski definition) is 7. The minimum atomic E-state index is -0.590. The number of non-ortho nitro benzene ring substituents is 1. The Kier molecular flexibility index (Phi) is 6.65. The Balaban J connectivity index is 1.63. The monoisotopic (exact) mass is 428 g/mol. The number of nitro benzene ring substituents is 1. The molecule has 31 heavy (non-hydrogen) atoms. The SMILES string of the molecule is CCNC(=O)COc1ccc(NC(=O)CN2C(=O)COc3ccc([N+](=O)[O-])cc32)cc1. The van der Waals surface area contributed by atoms with Gasteiger partial charge in [0.05, 0.1) is 10.6 Å². The molecule has 0 atom stereocenters. The smallest absolute Gasteiger partial charge is 0.271 e. The summed E-state index contributed by atoms with van der Waals surface area (Å²) in [6.07, 6.45) is 0. The van der Waals surface area contributed by atoms with Gasteiger partial charge in [0.1, 0.15) is 18.0 Å². The van der Waals surface area contributed by atoms with Crippen LogP contribution in [0.15, 0.2) is 42.5 Å². The van der Waals surface area contributed by atoms with Crippen LogP contribution in [0.25, 0.3) is 0 Å². The third-order valence-corrected chi connectivity index (χ3v) is 4.28. The topological polar surface area (TPSA) is 140 Å². The molecule has 0 spiro atoms. The Bertz CT molecular complexity index is 1010. The zero-order chi connectivity index (χ0) is 22.4. The molecule has 3 rings (SSSR count). The first-order valence-corrected chi connectivity index (χ1v) is 9.38. The van der Waals surface area contributed by atoms with Crippen molar-refractivity contribution in [3.63, 3.8) is 0 Å². The number of ether oxygens (including phenoxy) is 2. The summed E-state index contributed by atoms with van der Waals surface area (Å²) >= 11 is 0. The number of nitrogens with one attached hydrogen (secondary N) is 2. The summed E-state index contributed by atoms with van der Waals surface area (Å²) in [5.74, 6) is -0.489. The van der Waals surface area contributed by atoms with Crippen LogP contribution in [0.3, 0.4) is 0 Å². The summed E-state index contributed by atoms with van der Waals surface area (Å²) in [6, 6.07) is 10.2. The quantitative estimate of drug-likeness (QED) is 0.479. The highest BCUT2D eigenvalue weighted by Gasteiger charge is 2.29. The van der Waals surface area contributed by atoms with Crippen molar-refractivity contribution in [3.05, 3.63) is 52.6 Å². The second-order valence-corrected chi connectivity index (χ2v) is 6.49. The van der Waals surface area contributed by atoms with Gasteiger partial charge in [-0.1, -0.05) is 0 Å². The molecule has 162 valence electrons. The molecule has 1 aliphatic heterocycles. The lowest BCUT2D eigenvalue weighted by Gasteiger charge is -2.28. The van der Waals surface area contributed by atoms with Crippen LogP contribution in [-0.4, -0.2) is 48.9 Å².